The van der Waals surface area contributed by atoms with Gasteiger partial charge in [0.05, 0.1) is 11.4 Å². The second-order valence-electron chi connectivity index (χ2n) is 5.33. The zero-order valence-electron chi connectivity index (χ0n) is 12.7. The van der Waals surface area contributed by atoms with Gasteiger partial charge in [-0.1, -0.05) is 42.5 Å². The molecule has 6 heteroatoms. The molecule has 0 spiro atoms. The van der Waals surface area contributed by atoms with E-state index in [1.54, 1.807) is 54.6 Å². The molecule has 0 aliphatic heterocycles. The molecule has 0 bridgehead atoms. The highest BCUT2D eigenvalue weighted by Gasteiger charge is 2.35. The fourth-order valence-electron chi connectivity index (χ4n) is 2.46. The van der Waals surface area contributed by atoms with Gasteiger partial charge < -0.3 is 5.11 Å². The van der Waals surface area contributed by atoms with Crippen LogP contribution in [0.1, 0.15) is 11.3 Å². The lowest BCUT2D eigenvalue weighted by Gasteiger charge is -2.08. The Morgan fingerprint density at radius 3 is 2.21 bits per heavy atom. The summed E-state index contributed by atoms with van der Waals surface area (Å²) in [6.45, 7) is 0.0224. The second kappa shape index (κ2) is 6.49. The van der Waals surface area contributed by atoms with Crippen LogP contribution >= 0.6 is 0 Å². The maximum Gasteiger partial charge on any atom is 0.435 e. The molecule has 3 nitrogen and oxygen atoms in total. The quantitative estimate of drug-likeness (QED) is 0.781. The lowest BCUT2D eigenvalue weighted by Crippen LogP contribution is -2.07. The number of nitrogens with zero attached hydrogens (tertiary/aromatic N) is 2. The van der Waals surface area contributed by atoms with Crippen LogP contribution in [0.2, 0.25) is 0 Å². The Balaban J connectivity index is 2.10. The van der Waals surface area contributed by atoms with Crippen molar-refractivity contribution in [2.45, 2.75) is 12.6 Å². The fraction of sp³-hybridized carbons (Fsp3) is 0.167. The highest BCUT2D eigenvalue weighted by atomic mass is 19.4. The maximum atomic E-state index is 13.1. The summed E-state index contributed by atoms with van der Waals surface area (Å²) in [6.07, 6.45) is -4.01. The molecule has 0 amide bonds. The molecular weight excluding hydrogens is 317 g/mol. The minimum absolute atomic E-state index is 0.0224. The number of rotatable bonds is 4. The zero-order valence-corrected chi connectivity index (χ0v) is 12.7. The van der Waals surface area contributed by atoms with Crippen molar-refractivity contribution in [3.8, 4) is 16.9 Å². The third kappa shape index (κ3) is 3.33. The first-order chi connectivity index (χ1) is 11.5. The Kier molecular flexibility index (Phi) is 4.40. The van der Waals surface area contributed by atoms with Gasteiger partial charge >= 0.3 is 6.18 Å². The first-order valence-corrected chi connectivity index (χ1v) is 7.42. The van der Waals surface area contributed by atoms with Crippen LogP contribution in [0.5, 0.6) is 0 Å². The highest BCUT2D eigenvalue weighted by molar-refractivity contribution is 5.62. The number of halogens is 3. The van der Waals surface area contributed by atoms with Crippen LogP contribution in [0.4, 0.5) is 13.2 Å². The predicted molar refractivity (Wildman–Crippen MR) is 84.8 cm³/mol. The van der Waals surface area contributed by atoms with Crippen LogP contribution in [0.15, 0.2) is 60.7 Å². The molecule has 0 saturated heterocycles. The molecule has 1 heterocycles. The van der Waals surface area contributed by atoms with Gasteiger partial charge in [0.1, 0.15) is 0 Å². The number of aromatic nitrogens is 2. The molecule has 24 heavy (non-hydrogen) atoms. The summed E-state index contributed by atoms with van der Waals surface area (Å²) in [4.78, 5) is 0. The maximum absolute atomic E-state index is 13.1. The third-order valence-electron chi connectivity index (χ3n) is 3.65. The summed E-state index contributed by atoms with van der Waals surface area (Å²) in [5, 5.41) is 12.7. The monoisotopic (exact) mass is 332 g/mol. The van der Waals surface area contributed by atoms with E-state index in [2.05, 4.69) is 5.10 Å². The first-order valence-electron chi connectivity index (χ1n) is 7.42. The lowest BCUT2D eigenvalue weighted by molar-refractivity contribution is -0.141. The number of alkyl halides is 3. The summed E-state index contributed by atoms with van der Waals surface area (Å²) in [7, 11) is 0. The van der Waals surface area contributed by atoms with Gasteiger partial charge in [0.15, 0.2) is 5.69 Å². The van der Waals surface area contributed by atoms with E-state index in [4.69, 9.17) is 5.11 Å². The summed E-state index contributed by atoms with van der Waals surface area (Å²) in [5.74, 6) is 0. The number of benzene rings is 2. The summed E-state index contributed by atoms with van der Waals surface area (Å²) < 4.78 is 40.5. The fourth-order valence-corrected chi connectivity index (χ4v) is 2.46. The molecule has 0 atom stereocenters. The van der Waals surface area contributed by atoms with E-state index in [0.717, 1.165) is 11.6 Å². The molecule has 3 aromatic rings. The van der Waals surface area contributed by atoms with Crippen molar-refractivity contribution in [1.82, 2.24) is 9.78 Å². The van der Waals surface area contributed by atoms with Crippen LogP contribution in [0, 0.1) is 0 Å². The van der Waals surface area contributed by atoms with Crippen molar-refractivity contribution < 1.29 is 18.3 Å². The summed E-state index contributed by atoms with van der Waals surface area (Å²) >= 11 is 0. The van der Waals surface area contributed by atoms with E-state index in [-0.39, 0.29) is 6.61 Å². The van der Waals surface area contributed by atoms with E-state index < -0.39 is 11.9 Å². The summed E-state index contributed by atoms with van der Waals surface area (Å²) in [5.41, 5.74) is 1.54. The summed E-state index contributed by atoms with van der Waals surface area (Å²) in [6, 6.07) is 16.8. The molecule has 0 aliphatic carbocycles. The van der Waals surface area contributed by atoms with Crippen LogP contribution < -0.4 is 0 Å². The van der Waals surface area contributed by atoms with Crippen LogP contribution in [-0.4, -0.2) is 21.5 Å². The predicted octanol–water partition coefficient (Wildman–Crippen LogP) is 4.09. The number of aliphatic hydroxyl groups excluding tert-OH is 1. The number of hydrogen-bond acceptors (Lipinski definition) is 2. The third-order valence-corrected chi connectivity index (χ3v) is 3.65. The molecule has 0 aliphatic rings. The van der Waals surface area contributed by atoms with E-state index in [9.17, 15) is 13.2 Å². The van der Waals surface area contributed by atoms with Gasteiger partial charge in [-0.3, -0.25) is 0 Å². The first kappa shape index (κ1) is 16.3. The van der Waals surface area contributed by atoms with Crippen molar-refractivity contribution in [1.29, 1.82) is 0 Å². The van der Waals surface area contributed by atoms with Crippen LogP contribution in [0.3, 0.4) is 0 Å². The van der Waals surface area contributed by atoms with Crippen molar-refractivity contribution in [3.05, 3.63) is 71.9 Å². The van der Waals surface area contributed by atoms with E-state index in [1.165, 1.54) is 4.68 Å². The lowest BCUT2D eigenvalue weighted by atomic mass is 10.1. The minimum atomic E-state index is -4.51. The van der Waals surface area contributed by atoms with Gasteiger partial charge in [-0.05, 0) is 30.2 Å². The Bertz CT molecular complexity index is 809. The highest BCUT2D eigenvalue weighted by Crippen LogP contribution is 2.33. The van der Waals surface area contributed by atoms with Gasteiger partial charge in [-0.15, -0.1) is 0 Å². The second-order valence-corrected chi connectivity index (χ2v) is 5.33. The smallest absolute Gasteiger partial charge is 0.396 e. The van der Waals surface area contributed by atoms with Gasteiger partial charge in [-0.25, -0.2) is 4.68 Å². The normalized spacial score (nSPS) is 11.7. The number of hydrogen-bond donors (Lipinski definition) is 1. The van der Waals surface area contributed by atoms with Crippen molar-refractivity contribution in [2.24, 2.45) is 0 Å². The molecule has 0 unspecified atom stereocenters. The molecule has 0 fully saturated rings. The Morgan fingerprint density at radius 2 is 1.62 bits per heavy atom. The zero-order chi connectivity index (χ0) is 17.2. The topological polar surface area (TPSA) is 38.0 Å². The van der Waals surface area contributed by atoms with Gasteiger partial charge in [0.2, 0.25) is 0 Å². The average Bonchev–Trinajstić information content (AvgIpc) is 3.02. The Hall–Kier alpha value is -2.60. The molecule has 1 aromatic heterocycles. The Labute approximate surface area is 137 Å². The standard InChI is InChI=1S/C18H15F3N2O/c19-18(20,21)17-12-16(14-4-2-1-3-5-14)23(22-17)15-8-6-13(7-9-15)10-11-24/h1-9,12,24H,10-11H2. The number of aliphatic hydroxyl groups is 1. The molecule has 124 valence electrons. The largest absolute Gasteiger partial charge is 0.435 e. The average molecular weight is 332 g/mol. The van der Waals surface area contributed by atoms with Gasteiger partial charge in [0.25, 0.3) is 0 Å². The van der Waals surface area contributed by atoms with Crippen LogP contribution in [0.25, 0.3) is 16.9 Å². The van der Waals surface area contributed by atoms with E-state index in [0.29, 0.717) is 23.4 Å². The van der Waals surface area contributed by atoms with Gasteiger partial charge in [0, 0.05) is 12.2 Å². The molecule has 1 N–H and O–H groups in total. The van der Waals surface area contributed by atoms with E-state index >= 15 is 0 Å². The van der Waals surface area contributed by atoms with E-state index in [1.807, 2.05) is 0 Å². The molecule has 0 radical (unpaired) electrons. The molecule has 3 rings (SSSR count). The van der Waals surface area contributed by atoms with Crippen molar-refractivity contribution in [2.75, 3.05) is 6.61 Å². The molecule has 0 saturated carbocycles. The van der Waals surface area contributed by atoms with Gasteiger partial charge in [-0.2, -0.15) is 18.3 Å². The molecule has 2 aromatic carbocycles. The Morgan fingerprint density at radius 1 is 0.958 bits per heavy atom. The van der Waals surface area contributed by atoms with Crippen LogP contribution in [-0.2, 0) is 12.6 Å². The van der Waals surface area contributed by atoms with Crippen molar-refractivity contribution >= 4 is 0 Å². The molecular formula is C18H15F3N2O. The van der Waals surface area contributed by atoms with Crippen molar-refractivity contribution in [3.63, 3.8) is 0 Å². The SMILES string of the molecule is OCCc1ccc(-n2nc(C(F)(F)F)cc2-c2ccccc2)cc1. The minimum Gasteiger partial charge on any atom is -0.396 e.